The van der Waals surface area contributed by atoms with E-state index in [1.54, 1.807) is 0 Å². The van der Waals surface area contributed by atoms with Crippen molar-refractivity contribution in [1.29, 1.82) is 0 Å². The van der Waals surface area contributed by atoms with Crippen molar-refractivity contribution in [3.8, 4) is 0 Å². The molecule has 3 heterocycles. The maximum Gasteiger partial charge on any atom is 0.187 e. The summed E-state index contributed by atoms with van der Waals surface area (Å²) >= 11 is 0. The molecule has 248 valence electrons. The van der Waals surface area contributed by atoms with Gasteiger partial charge in [-0.2, -0.15) is 4.91 Å². The summed E-state index contributed by atoms with van der Waals surface area (Å²) in [5.41, 5.74) is 0.263. The molecule has 3 fully saturated rings. The standard InChI is InChI=1S/C27H39NO16/c1-8-17(28-39)20(35)22(37)26(41-8)40-7-15-18(33)21(36)23(38)27(43-15)44-25-19(34)16-13(32)5-10(29)6-14(16)42-24(25)9-2-3-11(30)12(31)4-9/h2-5,8,10-12,14-27,29-38H,6-7H2,1H3/t8?,10-,11?,12?,14?,15?,16?,17?,18?,19?,20?,21?,22?,23?,24?,25?,26?,27?/m0/s1. The highest BCUT2D eigenvalue weighted by molar-refractivity contribution is 5.33. The summed E-state index contributed by atoms with van der Waals surface area (Å²) < 4.78 is 28.7. The summed E-state index contributed by atoms with van der Waals surface area (Å²) in [6.45, 7) is 0.866. The Balaban J connectivity index is 1.35. The van der Waals surface area contributed by atoms with Gasteiger partial charge < -0.3 is 74.7 Å². The highest BCUT2D eigenvalue weighted by atomic mass is 16.7. The van der Waals surface area contributed by atoms with Crippen LogP contribution < -0.4 is 0 Å². The Morgan fingerprint density at radius 1 is 0.841 bits per heavy atom. The van der Waals surface area contributed by atoms with E-state index in [4.69, 9.17) is 23.7 Å². The zero-order valence-electron chi connectivity index (χ0n) is 23.5. The minimum atomic E-state index is -1.87. The van der Waals surface area contributed by atoms with Gasteiger partial charge in [-0.1, -0.05) is 17.3 Å². The predicted molar refractivity (Wildman–Crippen MR) is 142 cm³/mol. The second-order valence-electron chi connectivity index (χ2n) is 11.7. The van der Waals surface area contributed by atoms with Gasteiger partial charge in [-0.15, -0.1) is 0 Å². The first-order chi connectivity index (χ1) is 20.8. The number of nitrogens with zero attached hydrogens (tertiary/aromatic N) is 1. The van der Waals surface area contributed by atoms with Crippen LogP contribution in [0.3, 0.4) is 0 Å². The molecule has 17 unspecified atom stereocenters. The Bertz CT molecular complexity index is 1120. The predicted octanol–water partition coefficient (Wildman–Crippen LogP) is -4.03. The molecule has 10 N–H and O–H groups in total. The number of fused-ring (bicyclic) bond motifs is 1. The monoisotopic (exact) mass is 633 g/mol. The van der Waals surface area contributed by atoms with Gasteiger partial charge in [0.1, 0.15) is 67.1 Å². The van der Waals surface area contributed by atoms with Crippen LogP contribution in [0.4, 0.5) is 0 Å². The molecule has 0 aromatic rings. The van der Waals surface area contributed by atoms with Crippen molar-refractivity contribution < 1.29 is 74.7 Å². The fourth-order valence-corrected chi connectivity index (χ4v) is 6.23. The maximum absolute atomic E-state index is 11.4. The van der Waals surface area contributed by atoms with Crippen LogP contribution in [0.5, 0.6) is 0 Å². The molecular formula is C27H39NO16. The largest absolute Gasteiger partial charge is 0.512 e. The fourth-order valence-electron chi connectivity index (χ4n) is 6.23. The Morgan fingerprint density at radius 2 is 1.55 bits per heavy atom. The molecule has 0 amide bonds. The van der Waals surface area contributed by atoms with E-state index >= 15 is 0 Å². The third kappa shape index (κ3) is 6.36. The van der Waals surface area contributed by atoms with Crippen molar-refractivity contribution >= 4 is 0 Å². The van der Waals surface area contributed by atoms with Crippen LogP contribution >= 0.6 is 0 Å². The van der Waals surface area contributed by atoms with Gasteiger partial charge in [-0.05, 0) is 24.6 Å². The van der Waals surface area contributed by atoms with E-state index in [0.29, 0.717) is 0 Å². The lowest BCUT2D eigenvalue weighted by Crippen LogP contribution is -2.64. The van der Waals surface area contributed by atoms with E-state index in [-0.39, 0.29) is 17.8 Å². The highest BCUT2D eigenvalue weighted by Gasteiger charge is 2.54. The van der Waals surface area contributed by atoms with Crippen LogP contribution in [0.25, 0.3) is 0 Å². The summed E-state index contributed by atoms with van der Waals surface area (Å²) in [6, 6.07) is -1.26. The van der Waals surface area contributed by atoms with Crippen molar-refractivity contribution in [3.05, 3.63) is 40.5 Å². The van der Waals surface area contributed by atoms with Crippen LogP contribution in [0.15, 0.2) is 40.8 Å². The van der Waals surface area contributed by atoms with Gasteiger partial charge in [-0.3, -0.25) is 0 Å². The van der Waals surface area contributed by atoms with Gasteiger partial charge in [-0.25, -0.2) is 0 Å². The first kappa shape index (κ1) is 33.4. The number of aliphatic hydroxyl groups is 10. The highest BCUT2D eigenvalue weighted by Crippen LogP contribution is 2.41. The first-order valence-corrected chi connectivity index (χ1v) is 14.3. The van der Waals surface area contributed by atoms with Gasteiger partial charge in [0.25, 0.3) is 0 Å². The average molecular weight is 634 g/mol. The number of nitroso groups, excluding NO2 is 1. The van der Waals surface area contributed by atoms with E-state index in [0.717, 1.165) is 6.08 Å². The Morgan fingerprint density at radius 3 is 2.23 bits per heavy atom. The van der Waals surface area contributed by atoms with Crippen molar-refractivity contribution in [3.63, 3.8) is 0 Å². The lowest BCUT2D eigenvalue weighted by atomic mass is 9.77. The number of ether oxygens (including phenoxy) is 5. The molecular weight excluding hydrogens is 594 g/mol. The summed E-state index contributed by atoms with van der Waals surface area (Å²) in [4.78, 5) is 11.0. The lowest BCUT2D eigenvalue weighted by molar-refractivity contribution is -0.344. The SMILES string of the molecule is CC1OC(OCC2OC(OC3C(C4=CC(O)C(O)C=C4)OC4C[C@@H](O)C=C(O)C4C3O)C(O)C(O)C2O)C(O)C(O)C1N=O. The van der Waals surface area contributed by atoms with Crippen LogP contribution in [0.2, 0.25) is 0 Å². The average Bonchev–Trinajstić information content (AvgIpc) is 2.97. The second kappa shape index (κ2) is 13.4. The van der Waals surface area contributed by atoms with Gasteiger partial charge in [0.15, 0.2) is 12.6 Å². The normalized spacial score (nSPS) is 51.2. The molecule has 0 radical (unpaired) electrons. The second-order valence-corrected chi connectivity index (χ2v) is 11.7. The molecule has 3 saturated heterocycles. The Kier molecular flexibility index (Phi) is 10.2. The minimum absolute atomic E-state index is 0.0100. The maximum atomic E-state index is 11.4. The number of hydrogen-bond acceptors (Lipinski definition) is 17. The summed E-state index contributed by atoms with van der Waals surface area (Å²) in [5.74, 6) is -1.43. The van der Waals surface area contributed by atoms with Gasteiger partial charge >= 0.3 is 0 Å². The lowest BCUT2D eigenvalue weighted by Gasteiger charge is -2.49. The van der Waals surface area contributed by atoms with Crippen LogP contribution in [0, 0.1) is 10.8 Å². The Hall–Kier alpha value is -1.94. The zero-order valence-corrected chi connectivity index (χ0v) is 23.5. The molecule has 0 aromatic heterocycles. The molecule has 5 aliphatic rings. The Labute approximate surface area is 250 Å². The topological polar surface area (TPSA) is 278 Å². The summed E-state index contributed by atoms with van der Waals surface area (Å²) in [7, 11) is 0. The molecule has 44 heavy (non-hydrogen) atoms. The molecule has 0 aromatic carbocycles. The van der Waals surface area contributed by atoms with Crippen molar-refractivity contribution in [2.24, 2.45) is 11.1 Å². The van der Waals surface area contributed by atoms with Crippen molar-refractivity contribution in [2.75, 3.05) is 6.61 Å². The zero-order chi connectivity index (χ0) is 32.0. The van der Waals surface area contributed by atoms with Gasteiger partial charge in [0, 0.05) is 6.42 Å². The van der Waals surface area contributed by atoms with E-state index in [1.807, 2.05) is 0 Å². The molecule has 0 saturated carbocycles. The third-order valence-electron chi connectivity index (χ3n) is 8.75. The van der Waals surface area contributed by atoms with Crippen LogP contribution in [0.1, 0.15) is 13.3 Å². The van der Waals surface area contributed by atoms with Crippen molar-refractivity contribution in [1.82, 2.24) is 0 Å². The smallest absolute Gasteiger partial charge is 0.187 e. The van der Waals surface area contributed by atoms with Crippen molar-refractivity contribution in [2.45, 2.75) is 117 Å². The van der Waals surface area contributed by atoms with E-state index in [1.165, 1.54) is 25.2 Å². The molecule has 17 nitrogen and oxygen atoms in total. The van der Waals surface area contributed by atoms with Gasteiger partial charge in [0.05, 0.1) is 42.7 Å². The summed E-state index contributed by atoms with van der Waals surface area (Å²) in [6.07, 6.45) is -17.8. The molecule has 5 rings (SSSR count). The minimum Gasteiger partial charge on any atom is -0.512 e. The molecule has 0 spiro atoms. The van der Waals surface area contributed by atoms with E-state index in [2.05, 4.69) is 5.18 Å². The number of hydrogen-bond donors (Lipinski definition) is 10. The fraction of sp³-hybridized carbons (Fsp3) is 0.778. The first-order valence-electron chi connectivity index (χ1n) is 14.3. The molecule has 17 heteroatoms. The third-order valence-corrected chi connectivity index (χ3v) is 8.75. The molecule has 18 atom stereocenters. The quantitative estimate of drug-likeness (QED) is 0.119. The van der Waals surface area contributed by atoms with E-state index in [9.17, 15) is 56.0 Å². The van der Waals surface area contributed by atoms with Gasteiger partial charge in [0.2, 0.25) is 0 Å². The molecule has 0 bridgehead atoms. The van der Waals surface area contributed by atoms with E-state index < -0.39 is 117 Å². The number of rotatable bonds is 7. The molecule has 3 aliphatic heterocycles. The van der Waals surface area contributed by atoms with Crippen LogP contribution in [-0.4, -0.2) is 162 Å². The molecule has 2 aliphatic carbocycles. The van der Waals surface area contributed by atoms with Crippen LogP contribution in [-0.2, 0) is 23.7 Å². The number of aliphatic hydroxyl groups excluding tert-OH is 10. The summed E-state index contributed by atoms with van der Waals surface area (Å²) in [5, 5.41) is 107.